The molecule has 1 aromatic rings. The molecule has 0 saturated carbocycles. The Labute approximate surface area is 142 Å². The van der Waals surface area contributed by atoms with Gasteiger partial charge in [-0.15, -0.1) is 0 Å². The number of amides is 2. The molecule has 24 heavy (non-hydrogen) atoms. The summed E-state index contributed by atoms with van der Waals surface area (Å²) in [5.74, 6) is 0.485. The number of aryl methyl sites for hydroxylation is 1. The first kappa shape index (κ1) is 16.9. The van der Waals surface area contributed by atoms with Gasteiger partial charge in [-0.25, -0.2) is 4.98 Å². The number of rotatable bonds is 4. The largest absolute Gasteiger partial charge is 0.378 e. The van der Waals surface area contributed by atoms with E-state index in [0.29, 0.717) is 18.8 Å². The zero-order valence-corrected chi connectivity index (χ0v) is 14.2. The maximum absolute atomic E-state index is 12.5. The molecule has 2 aliphatic rings. The number of ether oxygens (including phenoxy) is 1. The van der Waals surface area contributed by atoms with Gasteiger partial charge in [0.1, 0.15) is 5.82 Å². The van der Waals surface area contributed by atoms with Crippen LogP contribution in [0.3, 0.4) is 0 Å². The number of carbonyl (C=O) groups is 2. The van der Waals surface area contributed by atoms with E-state index >= 15 is 0 Å². The van der Waals surface area contributed by atoms with Gasteiger partial charge in [0, 0.05) is 25.9 Å². The molecule has 6 heteroatoms. The SMILES string of the molecule is Cc1cccnc1NC(=O)[C@H]1CCCN(C(=O)C[C@H]2CCCO2)C1. The van der Waals surface area contributed by atoms with Crippen LogP contribution in [0, 0.1) is 12.8 Å². The van der Waals surface area contributed by atoms with E-state index in [9.17, 15) is 9.59 Å². The molecule has 3 rings (SSSR count). The fraction of sp³-hybridized carbons (Fsp3) is 0.611. The maximum atomic E-state index is 12.5. The lowest BCUT2D eigenvalue weighted by Crippen LogP contribution is -2.44. The van der Waals surface area contributed by atoms with Gasteiger partial charge in [0.05, 0.1) is 18.4 Å². The van der Waals surface area contributed by atoms with Crippen LogP contribution < -0.4 is 5.32 Å². The number of anilines is 1. The van der Waals surface area contributed by atoms with Gasteiger partial charge < -0.3 is 15.0 Å². The molecule has 2 amide bonds. The van der Waals surface area contributed by atoms with Gasteiger partial charge in [-0.2, -0.15) is 0 Å². The zero-order chi connectivity index (χ0) is 16.9. The van der Waals surface area contributed by atoms with Crippen LogP contribution in [0.15, 0.2) is 18.3 Å². The summed E-state index contributed by atoms with van der Waals surface area (Å²) in [5.41, 5.74) is 0.938. The predicted octanol–water partition coefficient (Wildman–Crippen LogP) is 2.14. The van der Waals surface area contributed by atoms with Crippen LogP contribution in [-0.4, -0.2) is 47.5 Å². The first-order valence-corrected chi connectivity index (χ1v) is 8.75. The van der Waals surface area contributed by atoms with Crippen LogP contribution in [0.2, 0.25) is 0 Å². The minimum atomic E-state index is -0.173. The van der Waals surface area contributed by atoms with Crippen molar-refractivity contribution in [3.8, 4) is 0 Å². The van der Waals surface area contributed by atoms with Gasteiger partial charge in [0.2, 0.25) is 11.8 Å². The Morgan fingerprint density at radius 2 is 2.25 bits per heavy atom. The Balaban J connectivity index is 1.55. The van der Waals surface area contributed by atoms with E-state index < -0.39 is 0 Å². The number of nitrogens with zero attached hydrogens (tertiary/aromatic N) is 2. The molecule has 1 N–H and O–H groups in total. The molecule has 0 bridgehead atoms. The van der Waals surface area contributed by atoms with Crippen molar-refractivity contribution in [1.29, 1.82) is 0 Å². The number of nitrogens with one attached hydrogen (secondary N) is 1. The summed E-state index contributed by atoms with van der Waals surface area (Å²) in [6.07, 6.45) is 5.82. The molecule has 1 aromatic heterocycles. The van der Waals surface area contributed by atoms with Crippen LogP contribution in [0.4, 0.5) is 5.82 Å². The van der Waals surface area contributed by atoms with Crippen molar-refractivity contribution in [3.63, 3.8) is 0 Å². The molecule has 0 aliphatic carbocycles. The maximum Gasteiger partial charge on any atom is 0.230 e. The Bertz CT molecular complexity index is 599. The molecule has 6 nitrogen and oxygen atoms in total. The third-order valence-electron chi connectivity index (χ3n) is 4.82. The standard InChI is InChI=1S/C18H25N3O3/c1-13-5-2-8-19-17(13)20-18(23)14-6-3-9-21(12-14)16(22)11-15-7-4-10-24-15/h2,5,8,14-15H,3-4,6-7,9-12H2,1H3,(H,19,20,23)/t14-,15+/m0/s1. The van der Waals surface area contributed by atoms with Crippen molar-refractivity contribution in [3.05, 3.63) is 23.9 Å². The lowest BCUT2D eigenvalue weighted by atomic mass is 9.96. The van der Waals surface area contributed by atoms with Crippen molar-refractivity contribution in [2.75, 3.05) is 25.0 Å². The van der Waals surface area contributed by atoms with Gasteiger partial charge >= 0.3 is 0 Å². The van der Waals surface area contributed by atoms with E-state index in [0.717, 1.165) is 44.4 Å². The first-order valence-electron chi connectivity index (χ1n) is 8.75. The Hall–Kier alpha value is -1.95. The molecule has 2 atom stereocenters. The fourth-order valence-corrected chi connectivity index (χ4v) is 3.38. The lowest BCUT2D eigenvalue weighted by molar-refractivity contribution is -0.136. The minimum Gasteiger partial charge on any atom is -0.378 e. The van der Waals surface area contributed by atoms with E-state index in [-0.39, 0.29) is 23.8 Å². The first-order chi connectivity index (χ1) is 11.6. The molecule has 130 valence electrons. The molecule has 2 fully saturated rings. The molecule has 0 radical (unpaired) electrons. The van der Waals surface area contributed by atoms with Crippen LogP contribution >= 0.6 is 0 Å². The van der Waals surface area contributed by atoms with Crippen molar-refractivity contribution in [2.45, 2.75) is 45.1 Å². The number of aromatic nitrogens is 1. The minimum absolute atomic E-state index is 0.0496. The van der Waals surface area contributed by atoms with E-state index in [1.807, 2.05) is 24.0 Å². The van der Waals surface area contributed by atoms with Gasteiger partial charge in [0.25, 0.3) is 0 Å². The molecule has 3 heterocycles. The quantitative estimate of drug-likeness (QED) is 0.917. The molecule has 2 aliphatic heterocycles. The monoisotopic (exact) mass is 331 g/mol. The van der Waals surface area contributed by atoms with Gasteiger partial charge in [-0.3, -0.25) is 9.59 Å². The molecule has 0 aromatic carbocycles. The number of carbonyl (C=O) groups excluding carboxylic acids is 2. The number of likely N-dealkylation sites (tertiary alicyclic amines) is 1. The highest BCUT2D eigenvalue weighted by Gasteiger charge is 2.30. The van der Waals surface area contributed by atoms with Gasteiger partial charge in [-0.05, 0) is 44.2 Å². The van der Waals surface area contributed by atoms with Crippen molar-refractivity contribution in [1.82, 2.24) is 9.88 Å². The second-order valence-electron chi connectivity index (χ2n) is 6.68. The van der Waals surface area contributed by atoms with Crippen LogP contribution in [0.1, 0.15) is 37.7 Å². The highest BCUT2D eigenvalue weighted by atomic mass is 16.5. The smallest absolute Gasteiger partial charge is 0.230 e. The number of hydrogen-bond donors (Lipinski definition) is 1. The topological polar surface area (TPSA) is 71.5 Å². The summed E-state index contributed by atoms with van der Waals surface area (Å²) < 4.78 is 5.55. The molecule has 0 unspecified atom stereocenters. The summed E-state index contributed by atoms with van der Waals surface area (Å²) >= 11 is 0. The summed E-state index contributed by atoms with van der Waals surface area (Å²) in [6, 6.07) is 3.76. The van der Waals surface area contributed by atoms with Crippen LogP contribution in [-0.2, 0) is 14.3 Å². The van der Waals surface area contributed by atoms with E-state index in [1.165, 1.54) is 0 Å². The number of piperidine rings is 1. The van der Waals surface area contributed by atoms with Crippen molar-refractivity contribution < 1.29 is 14.3 Å². The lowest BCUT2D eigenvalue weighted by Gasteiger charge is -2.32. The van der Waals surface area contributed by atoms with E-state index in [2.05, 4.69) is 10.3 Å². The second-order valence-corrected chi connectivity index (χ2v) is 6.68. The highest BCUT2D eigenvalue weighted by Crippen LogP contribution is 2.22. The zero-order valence-electron chi connectivity index (χ0n) is 14.2. The summed E-state index contributed by atoms with van der Waals surface area (Å²) in [7, 11) is 0. The van der Waals surface area contributed by atoms with Crippen LogP contribution in [0.25, 0.3) is 0 Å². The Kier molecular flexibility index (Phi) is 5.45. The van der Waals surface area contributed by atoms with Crippen LogP contribution in [0.5, 0.6) is 0 Å². The van der Waals surface area contributed by atoms with Crippen molar-refractivity contribution in [2.24, 2.45) is 5.92 Å². The van der Waals surface area contributed by atoms with Crippen molar-refractivity contribution >= 4 is 17.6 Å². The second kappa shape index (κ2) is 7.75. The fourth-order valence-electron chi connectivity index (χ4n) is 3.38. The highest BCUT2D eigenvalue weighted by molar-refractivity contribution is 5.93. The normalized spacial score (nSPS) is 24.0. The third kappa shape index (κ3) is 4.12. The summed E-state index contributed by atoms with van der Waals surface area (Å²) in [5, 5.41) is 2.90. The average molecular weight is 331 g/mol. The van der Waals surface area contributed by atoms with Gasteiger partial charge in [-0.1, -0.05) is 6.07 Å². The predicted molar refractivity (Wildman–Crippen MR) is 90.5 cm³/mol. The Morgan fingerprint density at radius 3 is 3.00 bits per heavy atom. The average Bonchev–Trinajstić information content (AvgIpc) is 3.10. The molecule has 2 saturated heterocycles. The third-order valence-corrected chi connectivity index (χ3v) is 4.82. The molecular formula is C18H25N3O3. The Morgan fingerprint density at radius 1 is 1.38 bits per heavy atom. The summed E-state index contributed by atoms with van der Waals surface area (Å²) in [4.78, 5) is 31.0. The van der Waals surface area contributed by atoms with E-state index in [4.69, 9.17) is 4.74 Å². The summed E-state index contributed by atoms with van der Waals surface area (Å²) in [6.45, 7) is 3.90. The van der Waals surface area contributed by atoms with E-state index in [1.54, 1.807) is 6.20 Å². The number of pyridine rings is 1. The number of hydrogen-bond acceptors (Lipinski definition) is 4. The van der Waals surface area contributed by atoms with Gasteiger partial charge in [0.15, 0.2) is 0 Å². The molecular weight excluding hydrogens is 306 g/mol. The molecule has 0 spiro atoms.